The summed E-state index contributed by atoms with van der Waals surface area (Å²) in [5.41, 5.74) is 1.05. The molecule has 2 aliphatic carbocycles. The third-order valence-corrected chi connectivity index (χ3v) is 6.14. The number of rotatable bonds is 7. The van der Waals surface area contributed by atoms with Crippen LogP contribution in [0.2, 0.25) is 0 Å². The van der Waals surface area contributed by atoms with Crippen LogP contribution in [0.15, 0.2) is 30.3 Å². The molecule has 28 heavy (non-hydrogen) atoms. The third kappa shape index (κ3) is 4.81. The number of ether oxygens (including phenoxy) is 1. The summed E-state index contributed by atoms with van der Waals surface area (Å²) in [6.07, 6.45) is 4.90. The normalized spacial score (nSPS) is 26.2. The zero-order valence-electron chi connectivity index (χ0n) is 16.9. The van der Waals surface area contributed by atoms with Crippen LogP contribution >= 0.6 is 0 Å². The largest absolute Gasteiger partial charge is 0.452 e. The van der Waals surface area contributed by atoms with Crippen LogP contribution in [0.4, 0.5) is 0 Å². The molecule has 2 bridgehead atoms. The Morgan fingerprint density at radius 1 is 1.14 bits per heavy atom. The summed E-state index contributed by atoms with van der Waals surface area (Å²) in [4.78, 5) is 37.5. The average Bonchev–Trinajstić information content (AvgIpc) is 2.68. The Labute approximate surface area is 167 Å². The van der Waals surface area contributed by atoms with Crippen LogP contribution in [-0.4, -0.2) is 23.8 Å². The molecule has 0 aliphatic heterocycles. The van der Waals surface area contributed by atoms with Gasteiger partial charge in [0.05, 0.1) is 12.0 Å². The molecule has 0 spiro atoms. The van der Waals surface area contributed by atoms with E-state index in [9.17, 15) is 14.4 Å². The lowest BCUT2D eigenvalue weighted by Gasteiger charge is -2.36. The number of carbonyl (C=O) groups is 3. The van der Waals surface area contributed by atoms with Crippen molar-refractivity contribution in [3.8, 4) is 0 Å². The van der Waals surface area contributed by atoms with Crippen LogP contribution in [0.25, 0.3) is 0 Å². The van der Waals surface area contributed by atoms with E-state index in [1.54, 1.807) is 6.92 Å². The van der Waals surface area contributed by atoms with Gasteiger partial charge in [0.1, 0.15) is 5.78 Å². The van der Waals surface area contributed by atoms with E-state index in [1.165, 1.54) is 0 Å². The lowest BCUT2D eigenvalue weighted by Crippen LogP contribution is -2.42. The van der Waals surface area contributed by atoms with E-state index >= 15 is 0 Å². The fourth-order valence-electron chi connectivity index (χ4n) is 4.58. The number of benzene rings is 1. The molecule has 5 heteroatoms. The van der Waals surface area contributed by atoms with Gasteiger partial charge < -0.3 is 10.1 Å². The van der Waals surface area contributed by atoms with E-state index in [0.29, 0.717) is 18.6 Å². The van der Waals surface area contributed by atoms with Crippen LogP contribution in [-0.2, 0) is 19.1 Å². The quantitative estimate of drug-likeness (QED) is 0.721. The second-order valence-electron chi connectivity index (χ2n) is 8.24. The molecule has 5 atom stereocenters. The molecular weight excluding hydrogens is 354 g/mol. The molecule has 0 radical (unpaired) electrons. The predicted octanol–water partition coefficient (Wildman–Crippen LogP) is 3.97. The van der Waals surface area contributed by atoms with E-state index in [4.69, 9.17) is 4.74 Å². The first kappa shape index (κ1) is 20.6. The Hall–Kier alpha value is -2.17. The minimum atomic E-state index is -0.840. The van der Waals surface area contributed by atoms with Gasteiger partial charge in [-0.05, 0) is 44.6 Å². The van der Waals surface area contributed by atoms with E-state index in [-0.39, 0.29) is 35.7 Å². The first-order valence-corrected chi connectivity index (χ1v) is 10.6. The van der Waals surface area contributed by atoms with E-state index in [0.717, 1.165) is 37.7 Å². The van der Waals surface area contributed by atoms with Crippen molar-refractivity contribution in [1.29, 1.82) is 0 Å². The minimum absolute atomic E-state index is 0.00111. The number of fused-ring (bicyclic) bond motifs is 2. The molecule has 1 aromatic rings. The number of nitrogens with one attached hydrogen (secondary N) is 1. The Morgan fingerprint density at radius 3 is 2.39 bits per heavy atom. The molecule has 5 nitrogen and oxygen atoms in total. The fourth-order valence-corrected chi connectivity index (χ4v) is 4.58. The smallest absolute Gasteiger partial charge is 0.309 e. The number of hydrogen-bond acceptors (Lipinski definition) is 4. The first-order chi connectivity index (χ1) is 13.5. The zero-order chi connectivity index (χ0) is 20.1. The van der Waals surface area contributed by atoms with Gasteiger partial charge in [-0.25, -0.2) is 0 Å². The van der Waals surface area contributed by atoms with Gasteiger partial charge >= 0.3 is 5.97 Å². The van der Waals surface area contributed by atoms with Gasteiger partial charge in [-0.1, -0.05) is 50.1 Å². The maximum atomic E-state index is 12.6. The molecule has 152 valence electrons. The summed E-state index contributed by atoms with van der Waals surface area (Å²) in [7, 11) is 0. The number of ketones is 1. The lowest BCUT2D eigenvalue weighted by atomic mass is 9.67. The molecular formula is C23H31NO4. The van der Waals surface area contributed by atoms with Gasteiger partial charge in [0.2, 0.25) is 0 Å². The number of carbonyl (C=O) groups excluding carboxylic acids is 3. The number of amides is 1. The molecule has 0 saturated heterocycles. The summed E-state index contributed by atoms with van der Waals surface area (Å²) in [5.74, 6) is -0.542. The Bertz CT molecular complexity index is 686. The highest BCUT2D eigenvalue weighted by Gasteiger charge is 2.42. The molecule has 2 aliphatic rings. The molecule has 1 aromatic carbocycles. The van der Waals surface area contributed by atoms with Gasteiger partial charge in [0.25, 0.3) is 5.91 Å². The summed E-state index contributed by atoms with van der Waals surface area (Å²) < 4.78 is 5.50. The standard InChI is InChI=1S/C23H31NO4/c1-3-8-20(16-9-5-4-6-10-16)24-22(26)15(2)28-23(27)19-13-17-11-7-12-18(14-19)21(17)25/h4-6,9-10,15,17-20H,3,7-8,11-14H2,1-2H3,(H,24,26)/t15-,17-,18+,19?,20-/m1/s1. The Kier molecular flexibility index (Phi) is 6.87. The zero-order valence-corrected chi connectivity index (χ0v) is 16.9. The molecule has 1 N–H and O–H groups in total. The molecule has 0 heterocycles. The van der Waals surface area contributed by atoms with Gasteiger partial charge in [-0.3, -0.25) is 14.4 Å². The predicted molar refractivity (Wildman–Crippen MR) is 106 cm³/mol. The topological polar surface area (TPSA) is 72.5 Å². The van der Waals surface area contributed by atoms with Crippen molar-refractivity contribution in [2.24, 2.45) is 17.8 Å². The highest BCUT2D eigenvalue weighted by Crippen LogP contribution is 2.40. The average molecular weight is 386 g/mol. The maximum absolute atomic E-state index is 12.6. The molecule has 1 amide bonds. The molecule has 1 unspecified atom stereocenters. The van der Waals surface area contributed by atoms with E-state index in [2.05, 4.69) is 12.2 Å². The van der Waals surface area contributed by atoms with E-state index < -0.39 is 6.10 Å². The van der Waals surface area contributed by atoms with Crippen molar-refractivity contribution in [3.05, 3.63) is 35.9 Å². The Morgan fingerprint density at radius 2 is 1.79 bits per heavy atom. The lowest BCUT2D eigenvalue weighted by molar-refractivity contribution is -0.162. The second-order valence-corrected chi connectivity index (χ2v) is 8.24. The first-order valence-electron chi connectivity index (χ1n) is 10.6. The second kappa shape index (κ2) is 9.35. The SMILES string of the molecule is CCC[C@@H](NC(=O)[C@@H](C)OC(=O)C1C[C@H]2CCC[C@@H](C1)C2=O)c1ccccc1. The van der Waals surface area contributed by atoms with Crippen LogP contribution < -0.4 is 5.32 Å². The van der Waals surface area contributed by atoms with Crippen molar-refractivity contribution >= 4 is 17.7 Å². The van der Waals surface area contributed by atoms with Crippen molar-refractivity contribution in [2.75, 3.05) is 0 Å². The number of hydrogen-bond donors (Lipinski definition) is 1. The highest BCUT2D eigenvalue weighted by atomic mass is 16.5. The monoisotopic (exact) mass is 385 g/mol. The van der Waals surface area contributed by atoms with Gasteiger partial charge in [0, 0.05) is 11.8 Å². The molecule has 2 fully saturated rings. The fraction of sp³-hybridized carbons (Fsp3) is 0.609. The van der Waals surface area contributed by atoms with Crippen molar-refractivity contribution < 1.29 is 19.1 Å². The van der Waals surface area contributed by atoms with Gasteiger partial charge in [-0.2, -0.15) is 0 Å². The van der Waals surface area contributed by atoms with Crippen LogP contribution in [0.1, 0.15) is 70.4 Å². The number of Topliss-reactive ketones (excluding diaryl/α,β-unsaturated/α-hetero) is 1. The summed E-state index contributed by atoms with van der Waals surface area (Å²) >= 11 is 0. The summed E-state index contributed by atoms with van der Waals surface area (Å²) in [6.45, 7) is 3.70. The summed E-state index contributed by atoms with van der Waals surface area (Å²) in [5, 5.41) is 3.02. The van der Waals surface area contributed by atoms with Crippen molar-refractivity contribution in [1.82, 2.24) is 5.32 Å². The minimum Gasteiger partial charge on any atom is -0.452 e. The van der Waals surface area contributed by atoms with Gasteiger partial charge in [-0.15, -0.1) is 0 Å². The van der Waals surface area contributed by atoms with Crippen molar-refractivity contribution in [3.63, 3.8) is 0 Å². The third-order valence-electron chi connectivity index (χ3n) is 6.14. The van der Waals surface area contributed by atoms with Crippen LogP contribution in [0.5, 0.6) is 0 Å². The molecule has 2 saturated carbocycles. The van der Waals surface area contributed by atoms with Crippen LogP contribution in [0.3, 0.4) is 0 Å². The summed E-state index contributed by atoms with van der Waals surface area (Å²) in [6, 6.07) is 9.75. The van der Waals surface area contributed by atoms with Crippen molar-refractivity contribution in [2.45, 2.75) is 70.9 Å². The van der Waals surface area contributed by atoms with Crippen LogP contribution in [0, 0.1) is 17.8 Å². The molecule has 3 rings (SSSR count). The van der Waals surface area contributed by atoms with E-state index in [1.807, 2.05) is 30.3 Å². The highest BCUT2D eigenvalue weighted by molar-refractivity contribution is 5.88. The maximum Gasteiger partial charge on any atom is 0.309 e. The number of esters is 1. The Balaban J connectivity index is 1.56. The van der Waals surface area contributed by atoms with Gasteiger partial charge in [0.15, 0.2) is 6.10 Å². The molecule has 0 aromatic heterocycles.